The molecule has 2 aliphatic rings. The van der Waals surface area contributed by atoms with Crippen molar-refractivity contribution in [1.29, 1.82) is 0 Å². The first-order valence-corrected chi connectivity index (χ1v) is 9.31. The summed E-state index contributed by atoms with van der Waals surface area (Å²) in [5.41, 5.74) is 0.638. The molecule has 0 spiro atoms. The second-order valence-corrected chi connectivity index (χ2v) is 8.14. The summed E-state index contributed by atoms with van der Waals surface area (Å²) in [6.45, 7) is 7.07. The van der Waals surface area contributed by atoms with Gasteiger partial charge in [-0.2, -0.15) is 5.10 Å². The first kappa shape index (κ1) is 19.2. The average Bonchev–Trinajstić information content (AvgIpc) is 3.22. The molecule has 2 atom stereocenters. The van der Waals surface area contributed by atoms with E-state index in [0.717, 1.165) is 18.5 Å². The molecular weight excluding hydrogens is 350 g/mol. The zero-order chi connectivity index (χ0) is 19.6. The molecular formula is C18H27N5O4. The third kappa shape index (κ3) is 4.78. The maximum absolute atomic E-state index is 12.6. The van der Waals surface area contributed by atoms with Gasteiger partial charge in [-0.15, -0.1) is 0 Å². The SMILES string of the molecule is CC(C)(C)OC(=O)N1CCCC(c2[nH]ncc2C(=O)NC2CNC(=O)C2)C1. The van der Waals surface area contributed by atoms with Gasteiger partial charge < -0.3 is 20.3 Å². The van der Waals surface area contributed by atoms with Crippen molar-refractivity contribution < 1.29 is 19.1 Å². The third-order valence-electron chi connectivity index (χ3n) is 4.71. The van der Waals surface area contributed by atoms with E-state index in [4.69, 9.17) is 4.74 Å². The van der Waals surface area contributed by atoms with Crippen molar-refractivity contribution >= 4 is 17.9 Å². The summed E-state index contributed by atoms with van der Waals surface area (Å²) < 4.78 is 5.46. The normalized spacial score (nSPS) is 23.1. The number of nitrogens with one attached hydrogen (secondary N) is 3. The predicted molar refractivity (Wildman–Crippen MR) is 97.3 cm³/mol. The first-order valence-electron chi connectivity index (χ1n) is 9.31. The number of hydrogen-bond donors (Lipinski definition) is 3. The minimum absolute atomic E-state index is 0.0159. The number of likely N-dealkylation sites (tertiary alicyclic amines) is 1. The number of hydrogen-bond acceptors (Lipinski definition) is 5. The monoisotopic (exact) mass is 377 g/mol. The van der Waals surface area contributed by atoms with Crippen molar-refractivity contribution in [2.24, 2.45) is 0 Å². The number of carbonyl (C=O) groups excluding carboxylic acids is 3. The molecule has 3 rings (SSSR count). The topological polar surface area (TPSA) is 116 Å². The van der Waals surface area contributed by atoms with Crippen molar-refractivity contribution in [3.8, 4) is 0 Å². The highest BCUT2D eigenvalue weighted by Crippen LogP contribution is 2.28. The molecule has 3 heterocycles. The van der Waals surface area contributed by atoms with Crippen LogP contribution in [-0.4, -0.2) is 64.3 Å². The maximum atomic E-state index is 12.6. The van der Waals surface area contributed by atoms with Crippen molar-refractivity contribution in [3.05, 3.63) is 17.5 Å². The van der Waals surface area contributed by atoms with E-state index in [1.165, 1.54) is 6.20 Å². The molecule has 148 valence electrons. The maximum Gasteiger partial charge on any atom is 0.410 e. The number of H-pyrrole nitrogens is 1. The Morgan fingerprint density at radius 1 is 1.37 bits per heavy atom. The van der Waals surface area contributed by atoms with Gasteiger partial charge in [-0.1, -0.05) is 0 Å². The zero-order valence-electron chi connectivity index (χ0n) is 16.0. The smallest absolute Gasteiger partial charge is 0.410 e. The summed E-state index contributed by atoms with van der Waals surface area (Å²) >= 11 is 0. The molecule has 0 aromatic carbocycles. The first-order chi connectivity index (χ1) is 12.7. The Labute approximate surface area is 158 Å². The Hall–Kier alpha value is -2.58. The van der Waals surface area contributed by atoms with Crippen LogP contribution < -0.4 is 10.6 Å². The van der Waals surface area contributed by atoms with Crippen LogP contribution in [0.5, 0.6) is 0 Å². The molecule has 0 aliphatic carbocycles. The zero-order valence-corrected chi connectivity index (χ0v) is 16.0. The molecule has 9 nitrogen and oxygen atoms in total. The summed E-state index contributed by atoms with van der Waals surface area (Å²) in [6, 6.07) is -0.211. The molecule has 27 heavy (non-hydrogen) atoms. The van der Waals surface area contributed by atoms with Crippen LogP contribution in [-0.2, 0) is 9.53 Å². The van der Waals surface area contributed by atoms with E-state index in [-0.39, 0.29) is 36.3 Å². The van der Waals surface area contributed by atoms with E-state index >= 15 is 0 Å². The van der Waals surface area contributed by atoms with Crippen molar-refractivity contribution in [3.63, 3.8) is 0 Å². The van der Waals surface area contributed by atoms with E-state index in [0.29, 0.717) is 25.2 Å². The Morgan fingerprint density at radius 2 is 2.15 bits per heavy atom. The van der Waals surface area contributed by atoms with E-state index in [9.17, 15) is 14.4 Å². The van der Waals surface area contributed by atoms with Gasteiger partial charge in [0.25, 0.3) is 5.91 Å². The average molecular weight is 377 g/mol. The summed E-state index contributed by atoms with van der Waals surface area (Å²) in [5.74, 6) is -0.333. The Balaban J connectivity index is 1.66. The van der Waals surface area contributed by atoms with Crippen molar-refractivity contribution in [2.75, 3.05) is 19.6 Å². The highest BCUT2D eigenvalue weighted by Gasteiger charge is 2.32. The number of ether oxygens (including phenoxy) is 1. The summed E-state index contributed by atoms with van der Waals surface area (Å²) in [7, 11) is 0. The van der Waals surface area contributed by atoms with Gasteiger partial charge in [0.1, 0.15) is 5.60 Å². The lowest BCUT2D eigenvalue weighted by Gasteiger charge is -2.34. The number of aromatic amines is 1. The second-order valence-electron chi connectivity index (χ2n) is 8.14. The fourth-order valence-electron chi connectivity index (χ4n) is 3.46. The van der Waals surface area contributed by atoms with Crippen LogP contribution in [0.1, 0.15) is 62.0 Å². The van der Waals surface area contributed by atoms with E-state index in [1.54, 1.807) is 4.90 Å². The van der Waals surface area contributed by atoms with Gasteiger partial charge in [0.05, 0.1) is 23.5 Å². The quantitative estimate of drug-likeness (QED) is 0.730. The van der Waals surface area contributed by atoms with E-state index < -0.39 is 5.60 Å². The highest BCUT2D eigenvalue weighted by molar-refractivity contribution is 5.96. The molecule has 1 aromatic heterocycles. The van der Waals surface area contributed by atoms with Gasteiger partial charge in [0, 0.05) is 32.0 Å². The minimum atomic E-state index is -0.546. The van der Waals surface area contributed by atoms with Crippen LogP contribution in [0.4, 0.5) is 4.79 Å². The van der Waals surface area contributed by atoms with E-state index in [2.05, 4.69) is 20.8 Å². The molecule has 2 saturated heterocycles. The van der Waals surface area contributed by atoms with E-state index in [1.807, 2.05) is 20.8 Å². The van der Waals surface area contributed by atoms with Gasteiger partial charge in [0.2, 0.25) is 5.91 Å². The molecule has 0 radical (unpaired) electrons. The molecule has 1 aromatic rings. The molecule has 2 fully saturated rings. The summed E-state index contributed by atoms with van der Waals surface area (Å²) in [6.07, 6.45) is 3.13. The molecule has 2 unspecified atom stereocenters. The summed E-state index contributed by atoms with van der Waals surface area (Å²) in [5, 5.41) is 12.5. The lowest BCUT2D eigenvalue weighted by Crippen LogP contribution is -2.43. The van der Waals surface area contributed by atoms with Crippen LogP contribution in [0.15, 0.2) is 6.20 Å². The van der Waals surface area contributed by atoms with Crippen molar-refractivity contribution in [1.82, 2.24) is 25.7 Å². The molecule has 0 saturated carbocycles. The predicted octanol–water partition coefficient (Wildman–Crippen LogP) is 1.14. The van der Waals surface area contributed by atoms with Gasteiger partial charge in [-0.25, -0.2) is 4.79 Å². The molecule has 3 N–H and O–H groups in total. The highest BCUT2D eigenvalue weighted by atomic mass is 16.6. The molecule has 9 heteroatoms. The summed E-state index contributed by atoms with van der Waals surface area (Å²) in [4.78, 5) is 38.0. The number of nitrogens with zero attached hydrogens (tertiary/aromatic N) is 2. The number of rotatable bonds is 3. The lowest BCUT2D eigenvalue weighted by molar-refractivity contribution is -0.119. The Kier molecular flexibility index (Phi) is 5.38. The van der Waals surface area contributed by atoms with Crippen LogP contribution in [0.25, 0.3) is 0 Å². The van der Waals surface area contributed by atoms with Gasteiger partial charge in [0.15, 0.2) is 0 Å². The van der Waals surface area contributed by atoms with Gasteiger partial charge >= 0.3 is 6.09 Å². The van der Waals surface area contributed by atoms with Gasteiger partial charge in [-0.05, 0) is 33.6 Å². The van der Waals surface area contributed by atoms with Crippen LogP contribution in [0.3, 0.4) is 0 Å². The minimum Gasteiger partial charge on any atom is -0.444 e. The fraction of sp³-hybridized carbons (Fsp3) is 0.667. The van der Waals surface area contributed by atoms with Gasteiger partial charge in [-0.3, -0.25) is 14.7 Å². The largest absolute Gasteiger partial charge is 0.444 e. The number of aromatic nitrogens is 2. The van der Waals surface area contributed by atoms with Crippen LogP contribution in [0, 0.1) is 0 Å². The third-order valence-corrected chi connectivity index (χ3v) is 4.71. The molecule has 2 aliphatic heterocycles. The second kappa shape index (κ2) is 7.58. The molecule has 0 bridgehead atoms. The molecule has 3 amide bonds. The number of carbonyl (C=O) groups is 3. The van der Waals surface area contributed by atoms with Crippen molar-refractivity contribution in [2.45, 2.75) is 57.6 Å². The lowest BCUT2D eigenvalue weighted by atomic mass is 9.92. The van der Waals surface area contributed by atoms with Crippen LogP contribution in [0.2, 0.25) is 0 Å². The fourth-order valence-corrected chi connectivity index (χ4v) is 3.46. The van der Waals surface area contributed by atoms with Crippen LogP contribution >= 0.6 is 0 Å². The Bertz CT molecular complexity index is 724. The number of piperidine rings is 1. The standard InChI is InChI=1S/C18H27N5O4/c1-18(2,3)27-17(26)23-6-4-5-11(10-23)15-13(9-20-22-15)16(25)21-12-7-14(24)19-8-12/h9,11-12H,4-8,10H2,1-3H3,(H,19,24)(H,20,22)(H,21,25). The number of amides is 3. The Morgan fingerprint density at radius 3 is 2.81 bits per heavy atom.